The minimum Gasteiger partial charge on any atom is -0.508 e. The monoisotopic (exact) mass is 310 g/mol. The van der Waals surface area contributed by atoms with Gasteiger partial charge in [0.1, 0.15) is 11.5 Å². The van der Waals surface area contributed by atoms with Gasteiger partial charge in [0.2, 0.25) is 0 Å². The Balaban J connectivity index is 2.27. The van der Waals surface area contributed by atoms with Crippen molar-refractivity contribution in [2.24, 2.45) is 0 Å². The Morgan fingerprint density at radius 1 is 0.652 bits per heavy atom. The Kier molecular flexibility index (Phi) is 3.87. The molecule has 1 saturated carbocycles. The molecule has 0 saturated heterocycles. The van der Waals surface area contributed by atoms with Crippen LogP contribution in [0.5, 0.6) is 11.5 Å². The van der Waals surface area contributed by atoms with Crippen LogP contribution in [0.25, 0.3) is 0 Å². The molecule has 2 nitrogen and oxygen atoms in total. The molecule has 0 bridgehead atoms. The van der Waals surface area contributed by atoms with Gasteiger partial charge in [-0.25, -0.2) is 0 Å². The first-order valence-electron chi connectivity index (χ1n) is 8.46. The SMILES string of the molecule is Cc1cc(C2(c3cc(C)c(O)cc3C)CCCC2)c(C)cc1O. The molecule has 0 amide bonds. The number of hydrogen-bond donors (Lipinski definition) is 2. The molecule has 122 valence electrons. The minimum absolute atomic E-state index is 0.00505. The quantitative estimate of drug-likeness (QED) is 0.801. The van der Waals surface area contributed by atoms with Crippen LogP contribution in [0, 0.1) is 27.7 Å². The lowest BCUT2D eigenvalue weighted by molar-refractivity contribution is 0.465. The molecule has 2 aromatic rings. The Hall–Kier alpha value is -1.96. The third-order valence-electron chi connectivity index (χ3n) is 5.57. The lowest BCUT2D eigenvalue weighted by Crippen LogP contribution is -2.26. The molecular weight excluding hydrogens is 284 g/mol. The zero-order chi connectivity index (χ0) is 16.8. The number of hydrogen-bond acceptors (Lipinski definition) is 2. The number of aryl methyl sites for hydroxylation is 4. The summed E-state index contributed by atoms with van der Waals surface area (Å²) in [6, 6.07) is 8.12. The molecule has 1 fully saturated rings. The van der Waals surface area contributed by atoms with Gasteiger partial charge in [0.15, 0.2) is 0 Å². The van der Waals surface area contributed by atoms with E-state index < -0.39 is 0 Å². The van der Waals surface area contributed by atoms with Gasteiger partial charge < -0.3 is 10.2 Å². The normalized spacial score (nSPS) is 16.7. The minimum atomic E-state index is 0.00505. The Morgan fingerprint density at radius 2 is 1.04 bits per heavy atom. The van der Waals surface area contributed by atoms with Crippen LogP contribution in [0.2, 0.25) is 0 Å². The van der Waals surface area contributed by atoms with Gasteiger partial charge in [-0.15, -0.1) is 0 Å². The fourth-order valence-electron chi connectivity index (χ4n) is 4.30. The largest absolute Gasteiger partial charge is 0.508 e. The van der Waals surface area contributed by atoms with Gasteiger partial charge in [0.25, 0.3) is 0 Å². The molecule has 2 heteroatoms. The molecule has 0 aliphatic heterocycles. The zero-order valence-electron chi connectivity index (χ0n) is 14.5. The standard InChI is InChI=1S/C21H26O2/c1-13-11-19(22)15(3)9-17(13)21(7-5-6-8-21)18-10-16(4)20(23)12-14(18)2/h9-12,22-23H,5-8H2,1-4H3. The summed E-state index contributed by atoms with van der Waals surface area (Å²) in [4.78, 5) is 0. The van der Waals surface area contributed by atoms with E-state index in [2.05, 4.69) is 26.0 Å². The highest BCUT2D eigenvalue weighted by molar-refractivity contribution is 5.53. The predicted molar refractivity (Wildman–Crippen MR) is 94.4 cm³/mol. The highest BCUT2D eigenvalue weighted by Crippen LogP contribution is 2.50. The molecule has 0 unspecified atom stereocenters. The molecule has 0 atom stereocenters. The van der Waals surface area contributed by atoms with Crippen LogP contribution < -0.4 is 0 Å². The molecule has 2 N–H and O–H groups in total. The van der Waals surface area contributed by atoms with E-state index in [0.717, 1.165) is 35.1 Å². The van der Waals surface area contributed by atoms with Gasteiger partial charge in [-0.1, -0.05) is 25.0 Å². The topological polar surface area (TPSA) is 40.5 Å². The van der Waals surface area contributed by atoms with Crippen molar-refractivity contribution >= 4 is 0 Å². The van der Waals surface area contributed by atoms with E-state index in [4.69, 9.17) is 0 Å². The van der Waals surface area contributed by atoms with Crippen molar-refractivity contribution in [3.63, 3.8) is 0 Å². The third-order valence-corrected chi connectivity index (χ3v) is 5.57. The predicted octanol–water partition coefficient (Wildman–Crippen LogP) is 5.19. The fourth-order valence-corrected chi connectivity index (χ4v) is 4.30. The highest BCUT2D eigenvalue weighted by atomic mass is 16.3. The van der Waals surface area contributed by atoms with Crippen molar-refractivity contribution in [3.8, 4) is 11.5 Å². The van der Waals surface area contributed by atoms with Gasteiger partial charge in [-0.3, -0.25) is 0 Å². The van der Waals surface area contributed by atoms with Gasteiger partial charge >= 0.3 is 0 Å². The molecule has 1 aliphatic rings. The Labute approximate surface area is 138 Å². The molecular formula is C21H26O2. The van der Waals surface area contributed by atoms with Crippen molar-refractivity contribution in [3.05, 3.63) is 57.6 Å². The summed E-state index contributed by atoms with van der Waals surface area (Å²) >= 11 is 0. The van der Waals surface area contributed by atoms with E-state index >= 15 is 0 Å². The Morgan fingerprint density at radius 3 is 1.43 bits per heavy atom. The third kappa shape index (κ3) is 2.50. The lowest BCUT2D eigenvalue weighted by Gasteiger charge is -2.34. The molecule has 2 aromatic carbocycles. The summed E-state index contributed by atoms with van der Waals surface area (Å²) < 4.78 is 0. The fraction of sp³-hybridized carbons (Fsp3) is 0.429. The first kappa shape index (κ1) is 15.9. The maximum Gasteiger partial charge on any atom is 0.118 e. The van der Waals surface area contributed by atoms with Crippen molar-refractivity contribution in [1.82, 2.24) is 0 Å². The van der Waals surface area contributed by atoms with Crippen LogP contribution >= 0.6 is 0 Å². The summed E-state index contributed by atoms with van der Waals surface area (Å²) in [6.45, 7) is 8.13. The van der Waals surface area contributed by atoms with Gasteiger partial charge in [-0.2, -0.15) is 0 Å². The van der Waals surface area contributed by atoms with Gasteiger partial charge in [0.05, 0.1) is 0 Å². The maximum absolute atomic E-state index is 10.0. The molecule has 0 aromatic heterocycles. The molecule has 0 heterocycles. The summed E-state index contributed by atoms with van der Waals surface area (Å²) in [6.07, 6.45) is 4.70. The van der Waals surface area contributed by atoms with Crippen LogP contribution in [-0.4, -0.2) is 10.2 Å². The van der Waals surface area contributed by atoms with Gasteiger partial charge in [-0.05, 0) is 86.1 Å². The Bertz CT molecular complexity index is 693. The average molecular weight is 310 g/mol. The van der Waals surface area contributed by atoms with Crippen molar-refractivity contribution in [1.29, 1.82) is 0 Å². The van der Waals surface area contributed by atoms with Crippen LogP contribution in [0.3, 0.4) is 0 Å². The van der Waals surface area contributed by atoms with Gasteiger partial charge in [0, 0.05) is 5.41 Å². The van der Waals surface area contributed by atoms with Crippen molar-refractivity contribution in [2.45, 2.75) is 58.8 Å². The second kappa shape index (κ2) is 5.59. The summed E-state index contributed by atoms with van der Waals surface area (Å²) in [5.74, 6) is 0.746. The molecule has 3 rings (SSSR count). The van der Waals surface area contributed by atoms with E-state index in [9.17, 15) is 10.2 Å². The van der Waals surface area contributed by atoms with Crippen LogP contribution in [0.15, 0.2) is 24.3 Å². The second-order valence-corrected chi connectivity index (χ2v) is 7.20. The molecule has 23 heavy (non-hydrogen) atoms. The van der Waals surface area contributed by atoms with E-state index in [0.29, 0.717) is 11.5 Å². The highest BCUT2D eigenvalue weighted by Gasteiger charge is 2.39. The van der Waals surface area contributed by atoms with Crippen LogP contribution in [0.4, 0.5) is 0 Å². The average Bonchev–Trinajstić information content (AvgIpc) is 2.97. The summed E-state index contributed by atoms with van der Waals surface area (Å²) in [5, 5.41) is 20.0. The number of benzene rings is 2. The second-order valence-electron chi connectivity index (χ2n) is 7.20. The smallest absolute Gasteiger partial charge is 0.118 e. The van der Waals surface area contributed by atoms with E-state index in [1.807, 2.05) is 26.0 Å². The summed E-state index contributed by atoms with van der Waals surface area (Å²) in [7, 11) is 0. The lowest BCUT2D eigenvalue weighted by atomic mass is 9.69. The number of rotatable bonds is 2. The number of phenolic OH excluding ortho intramolecular Hbond substituents is 2. The van der Waals surface area contributed by atoms with Crippen LogP contribution in [0.1, 0.15) is 59.1 Å². The molecule has 1 aliphatic carbocycles. The summed E-state index contributed by atoms with van der Waals surface area (Å²) in [5.41, 5.74) is 6.85. The van der Waals surface area contributed by atoms with Crippen molar-refractivity contribution in [2.75, 3.05) is 0 Å². The molecule has 0 spiro atoms. The van der Waals surface area contributed by atoms with E-state index in [-0.39, 0.29) is 5.41 Å². The number of aromatic hydroxyl groups is 2. The van der Waals surface area contributed by atoms with Crippen LogP contribution in [-0.2, 0) is 5.41 Å². The first-order valence-corrected chi connectivity index (χ1v) is 8.46. The van der Waals surface area contributed by atoms with E-state index in [1.54, 1.807) is 0 Å². The molecule has 0 radical (unpaired) electrons. The van der Waals surface area contributed by atoms with Crippen molar-refractivity contribution < 1.29 is 10.2 Å². The van der Waals surface area contributed by atoms with E-state index in [1.165, 1.54) is 24.0 Å². The first-order chi connectivity index (χ1) is 10.8. The zero-order valence-corrected chi connectivity index (χ0v) is 14.5. The maximum atomic E-state index is 10.0. The number of phenols is 2.